The number of hydrogen-bond acceptors (Lipinski definition) is 1. The van der Waals surface area contributed by atoms with Gasteiger partial charge in [0.1, 0.15) is 0 Å². The maximum absolute atomic E-state index is 8.70. The van der Waals surface area contributed by atoms with Gasteiger partial charge in [-0.05, 0) is 35.0 Å². The molecule has 162 valence electrons. The van der Waals surface area contributed by atoms with Crippen LogP contribution >= 0.6 is 23.2 Å². The molecule has 0 amide bonds. The zero-order valence-electron chi connectivity index (χ0n) is 18.4. The summed E-state index contributed by atoms with van der Waals surface area (Å²) in [6, 6.07) is 46.6. The minimum atomic E-state index is -1.88. The summed E-state index contributed by atoms with van der Waals surface area (Å²) in [5.41, 5.74) is 0.700. The first kappa shape index (κ1) is 22.9. The van der Waals surface area contributed by atoms with Crippen LogP contribution in [0.1, 0.15) is 5.56 Å². The van der Waals surface area contributed by atoms with Gasteiger partial charge in [0.15, 0.2) is 0 Å². The molecule has 0 saturated heterocycles. The Morgan fingerprint density at radius 3 is 1.48 bits per heavy atom. The molecule has 0 atom stereocenters. The van der Waals surface area contributed by atoms with Gasteiger partial charge in [-0.2, -0.15) is 5.26 Å². The van der Waals surface area contributed by atoms with Crippen molar-refractivity contribution in [1.82, 2.24) is 0 Å². The molecule has 0 aliphatic rings. The summed E-state index contributed by atoms with van der Waals surface area (Å²) in [5, 5.41) is 15.3. The second-order valence-corrected chi connectivity index (χ2v) is 12.9. The molecule has 0 heterocycles. The fourth-order valence-electron chi connectivity index (χ4n) is 4.10. The van der Waals surface area contributed by atoms with Crippen molar-refractivity contribution in [3.8, 4) is 6.07 Å². The Bertz CT molecular complexity index is 1280. The van der Waals surface area contributed by atoms with Crippen LogP contribution in [-0.4, -0.2) is 6.66 Å². The van der Waals surface area contributed by atoms with Crippen LogP contribution in [0.4, 0.5) is 0 Å². The van der Waals surface area contributed by atoms with E-state index in [9.17, 15) is 0 Å². The van der Waals surface area contributed by atoms with Crippen LogP contribution in [0.2, 0.25) is 0 Å². The van der Waals surface area contributed by atoms with Crippen LogP contribution in [0, 0.1) is 11.3 Å². The molecule has 0 aromatic heterocycles. The summed E-state index contributed by atoms with van der Waals surface area (Å²) in [7, 11) is -1.88. The Morgan fingerprint density at radius 2 is 1.03 bits per heavy atom. The van der Waals surface area contributed by atoms with E-state index in [0.29, 0.717) is 5.56 Å². The number of hydrogen-bond donors (Lipinski definition) is 0. The maximum Gasteiger partial charge on any atom is 0.0991 e. The predicted molar refractivity (Wildman–Crippen MR) is 149 cm³/mol. The van der Waals surface area contributed by atoms with Crippen molar-refractivity contribution >= 4 is 49.9 Å². The number of nitriles is 1. The molecule has 1 nitrogen and oxygen atoms in total. The fourth-order valence-corrected chi connectivity index (χ4v) is 8.06. The summed E-state index contributed by atoms with van der Waals surface area (Å²) < 4.78 is 1.04. The van der Waals surface area contributed by atoms with Gasteiger partial charge in [0.25, 0.3) is 0 Å². The Labute approximate surface area is 204 Å². The zero-order valence-corrected chi connectivity index (χ0v) is 21.0. The minimum Gasteiger partial charge on any atom is -0.192 e. The van der Waals surface area contributed by atoms with Crippen molar-refractivity contribution in [2.45, 2.75) is 0 Å². The number of fused-ring (bicyclic) bond motifs is 1. The van der Waals surface area contributed by atoms with Crippen LogP contribution < -0.4 is 15.9 Å². The van der Waals surface area contributed by atoms with E-state index in [0.717, 1.165) is 15.2 Å². The van der Waals surface area contributed by atoms with Crippen LogP contribution in [0.5, 0.6) is 0 Å². The van der Waals surface area contributed by atoms with Gasteiger partial charge in [-0.15, -0.1) is 0 Å². The number of rotatable bonds is 3. The molecule has 5 rings (SSSR count). The second kappa shape index (κ2) is 10.6. The van der Waals surface area contributed by atoms with E-state index < -0.39 is 7.26 Å². The Hall–Kier alpha value is -3.24. The molecule has 3 heteroatoms. The first-order valence-corrected chi connectivity index (χ1v) is 14.2. The molecule has 0 saturated carbocycles. The SMILES string of the molecule is C[PH](c1ccccc1)(c1ccccc1)c1ccccc1.N#Cc1ccc2ccc(Br)cc2c1. The smallest absolute Gasteiger partial charge is 0.0991 e. The second-order valence-electron chi connectivity index (χ2n) is 8.04. The van der Waals surface area contributed by atoms with Crippen molar-refractivity contribution < 1.29 is 0 Å². The van der Waals surface area contributed by atoms with E-state index in [-0.39, 0.29) is 0 Å². The molecule has 0 radical (unpaired) electrons. The monoisotopic (exact) mass is 509 g/mol. The molecule has 5 aromatic rings. The quantitative estimate of drug-likeness (QED) is 0.245. The number of nitrogens with zero attached hydrogens (tertiary/aromatic N) is 1. The van der Waals surface area contributed by atoms with E-state index >= 15 is 0 Å². The standard InChI is InChI=1S/C19H19P.C11H6BrN/c1-20(17-11-5-2-6-12-17,18-13-7-3-8-14-18)19-15-9-4-10-16-19;12-11-4-3-9-2-1-8(7-13)5-10(9)6-11/h2-16,20H,1H3;1-6H. The minimum absolute atomic E-state index is 0.700. The number of benzene rings is 5. The van der Waals surface area contributed by atoms with Crippen LogP contribution in [-0.2, 0) is 0 Å². The normalized spacial score (nSPS) is 11.2. The van der Waals surface area contributed by atoms with E-state index in [1.54, 1.807) is 0 Å². The molecule has 0 N–H and O–H groups in total. The molecular formula is C30H25BrNP. The summed E-state index contributed by atoms with van der Waals surface area (Å²) in [4.78, 5) is 0. The van der Waals surface area contributed by atoms with E-state index in [1.807, 2.05) is 36.4 Å². The van der Waals surface area contributed by atoms with Gasteiger partial charge in [-0.3, -0.25) is 0 Å². The average molecular weight is 510 g/mol. The van der Waals surface area contributed by atoms with Gasteiger partial charge in [0.2, 0.25) is 0 Å². The van der Waals surface area contributed by atoms with E-state index in [2.05, 4.69) is 120 Å². The van der Waals surface area contributed by atoms with Crippen molar-refractivity contribution in [2.24, 2.45) is 0 Å². The van der Waals surface area contributed by atoms with Gasteiger partial charge in [0, 0.05) is 4.47 Å². The summed E-state index contributed by atoms with van der Waals surface area (Å²) in [6.07, 6.45) is 0. The average Bonchev–Trinajstić information content (AvgIpc) is 2.89. The molecule has 0 fully saturated rings. The zero-order chi connectivity index (χ0) is 23.1. The first-order valence-electron chi connectivity index (χ1n) is 10.9. The largest absolute Gasteiger partial charge is 0.192 e. The van der Waals surface area contributed by atoms with Crippen LogP contribution in [0.15, 0.2) is 132 Å². The Kier molecular flexibility index (Phi) is 7.36. The molecule has 0 unspecified atom stereocenters. The maximum atomic E-state index is 8.70. The Balaban J connectivity index is 0.000000172. The molecule has 0 aliphatic carbocycles. The third kappa shape index (κ3) is 5.23. The third-order valence-corrected chi connectivity index (χ3v) is 10.9. The van der Waals surface area contributed by atoms with Crippen molar-refractivity contribution in [3.05, 3.63) is 137 Å². The molecule has 0 aliphatic heterocycles. The van der Waals surface area contributed by atoms with Crippen molar-refractivity contribution in [3.63, 3.8) is 0 Å². The fraction of sp³-hybridized carbons (Fsp3) is 0.0333. The van der Waals surface area contributed by atoms with Gasteiger partial charge in [-0.25, -0.2) is 0 Å². The van der Waals surface area contributed by atoms with Crippen molar-refractivity contribution in [2.75, 3.05) is 6.66 Å². The number of halogens is 1. The third-order valence-electron chi connectivity index (χ3n) is 5.98. The van der Waals surface area contributed by atoms with Crippen LogP contribution in [0.25, 0.3) is 10.8 Å². The van der Waals surface area contributed by atoms with Gasteiger partial charge in [0.05, 0.1) is 11.6 Å². The Morgan fingerprint density at radius 1 is 0.576 bits per heavy atom. The summed E-state index contributed by atoms with van der Waals surface area (Å²) in [5.74, 6) is 0. The molecule has 0 bridgehead atoms. The molecule has 5 aromatic carbocycles. The van der Waals surface area contributed by atoms with Crippen molar-refractivity contribution in [1.29, 1.82) is 5.26 Å². The van der Waals surface area contributed by atoms with E-state index in [1.165, 1.54) is 15.9 Å². The first-order chi connectivity index (χ1) is 16.1. The van der Waals surface area contributed by atoms with E-state index in [4.69, 9.17) is 5.26 Å². The summed E-state index contributed by atoms with van der Waals surface area (Å²) >= 11 is 3.40. The predicted octanol–water partition coefficient (Wildman–Crippen LogP) is 6.82. The molecule has 0 spiro atoms. The van der Waals surface area contributed by atoms with Gasteiger partial charge in [-0.1, -0.05) is 28.1 Å². The van der Waals surface area contributed by atoms with Gasteiger partial charge >= 0.3 is 121 Å². The van der Waals surface area contributed by atoms with Gasteiger partial charge < -0.3 is 0 Å². The molecule has 33 heavy (non-hydrogen) atoms. The molecular weight excluding hydrogens is 485 g/mol. The topological polar surface area (TPSA) is 23.8 Å². The summed E-state index contributed by atoms with van der Waals surface area (Å²) in [6.45, 7) is 2.44. The van der Waals surface area contributed by atoms with Crippen LogP contribution in [0.3, 0.4) is 0 Å².